The fourth-order valence-corrected chi connectivity index (χ4v) is 1.53. The highest BCUT2D eigenvalue weighted by Gasteiger charge is 2.09. The first-order valence-corrected chi connectivity index (χ1v) is 6.70. The Balaban J connectivity index is 2.64. The first-order chi connectivity index (χ1) is 9.71. The molecule has 0 spiro atoms. The molecule has 0 fully saturated rings. The van der Waals surface area contributed by atoms with Crippen molar-refractivity contribution in [3.05, 3.63) is 35.7 Å². The predicted octanol–water partition coefficient (Wildman–Crippen LogP) is 2.81. The van der Waals surface area contributed by atoms with Gasteiger partial charge in [-0.05, 0) is 31.4 Å². The summed E-state index contributed by atoms with van der Waals surface area (Å²) in [4.78, 5) is 15.6. The summed E-state index contributed by atoms with van der Waals surface area (Å²) < 4.78 is 4.76. The second-order valence-corrected chi connectivity index (χ2v) is 4.19. The van der Waals surface area contributed by atoms with Crippen molar-refractivity contribution in [3.8, 4) is 6.07 Å². The van der Waals surface area contributed by atoms with Gasteiger partial charge in [-0.15, -0.1) is 0 Å². The van der Waals surface area contributed by atoms with E-state index in [9.17, 15) is 4.79 Å². The number of aromatic nitrogens is 1. The Kier molecular flexibility index (Phi) is 6.83. The zero-order chi connectivity index (χ0) is 14.8. The van der Waals surface area contributed by atoms with E-state index in [2.05, 4.69) is 17.2 Å². The Labute approximate surface area is 119 Å². The number of aryl methyl sites for hydroxylation is 1. The van der Waals surface area contributed by atoms with Crippen molar-refractivity contribution >= 4 is 11.8 Å². The summed E-state index contributed by atoms with van der Waals surface area (Å²) in [7, 11) is 0. The van der Waals surface area contributed by atoms with Gasteiger partial charge in [0.2, 0.25) is 0 Å². The first-order valence-electron chi connectivity index (χ1n) is 6.70. The predicted molar refractivity (Wildman–Crippen MR) is 76.8 cm³/mol. The van der Waals surface area contributed by atoms with Crippen molar-refractivity contribution in [1.29, 1.82) is 5.26 Å². The number of hydrogen-bond acceptors (Lipinski definition) is 5. The molecule has 1 heterocycles. The molecule has 0 atom stereocenters. The summed E-state index contributed by atoms with van der Waals surface area (Å²) in [5, 5.41) is 11.7. The van der Waals surface area contributed by atoms with Crippen LogP contribution in [0.5, 0.6) is 0 Å². The van der Waals surface area contributed by atoms with Gasteiger partial charge in [-0.3, -0.25) is 0 Å². The van der Waals surface area contributed by atoms with E-state index in [1.54, 1.807) is 19.2 Å². The maximum atomic E-state index is 11.4. The molecule has 106 valence electrons. The molecule has 0 amide bonds. The average molecular weight is 273 g/mol. The SMILES string of the molecule is CCCCc1ccc(N/C=C(/C#N)C(=O)OCC)nc1. The van der Waals surface area contributed by atoms with Crippen LogP contribution in [0, 0.1) is 11.3 Å². The summed E-state index contributed by atoms with van der Waals surface area (Å²) >= 11 is 0. The number of nitriles is 1. The van der Waals surface area contributed by atoms with Gasteiger partial charge in [0.15, 0.2) is 5.57 Å². The third-order valence-electron chi connectivity index (χ3n) is 2.62. The number of nitrogens with zero attached hydrogens (tertiary/aromatic N) is 2. The minimum Gasteiger partial charge on any atom is -0.462 e. The number of ether oxygens (including phenoxy) is 1. The standard InChI is InChI=1S/C15H19N3O2/c1-3-5-6-12-7-8-14(17-10-12)18-11-13(9-16)15(19)20-4-2/h7-8,10-11H,3-6H2,1-2H3,(H,17,18)/b13-11-. The molecule has 0 unspecified atom stereocenters. The molecule has 5 nitrogen and oxygen atoms in total. The molecular formula is C15H19N3O2. The maximum absolute atomic E-state index is 11.4. The Bertz CT molecular complexity index is 501. The summed E-state index contributed by atoms with van der Waals surface area (Å²) in [5.41, 5.74) is 1.09. The zero-order valence-corrected chi connectivity index (χ0v) is 11.8. The van der Waals surface area contributed by atoms with E-state index in [0.717, 1.165) is 19.3 Å². The molecule has 20 heavy (non-hydrogen) atoms. The molecule has 0 saturated carbocycles. The van der Waals surface area contributed by atoms with E-state index in [1.165, 1.54) is 11.8 Å². The Hall–Kier alpha value is -2.35. The molecule has 1 aromatic rings. The molecular weight excluding hydrogens is 254 g/mol. The number of anilines is 1. The molecule has 1 rings (SSSR count). The van der Waals surface area contributed by atoms with Gasteiger partial charge in [-0.25, -0.2) is 9.78 Å². The van der Waals surface area contributed by atoms with Crippen LogP contribution in [0.4, 0.5) is 5.82 Å². The van der Waals surface area contributed by atoms with E-state index in [0.29, 0.717) is 5.82 Å². The van der Waals surface area contributed by atoms with Crippen LogP contribution in [-0.2, 0) is 16.0 Å². The minimum absolute atomic E-state index is 0.0799. The highest BCUT2D eigenvalue weighted by atomic mass is 16.5. The molecule has 0 aliphatic rings. The smallest absolute Gasteiger partial charge is 0.350 e. The number of nitrogens with one attached hydrogen (secondary N) is 1. The monoisotopic (exact) mass is 273 g/mol. The van der Waals surface area contributed by atoms with Crippen molar-refractivity contribution < 1.29 is 9.53 Å². The van der Waals surface area contributed by atoms with E-state index < -0.39 is 5.97 Å². The van der Waals surface area contributed by atoms with Crippen LogP contribution in [0.1, 0.15) is 32.3 Å². The largest absolute Gasteiger partial charge is 0.462 e. The highest BCUT2D eigenvalue weighted by molar-refractivity contribution is 5.93. The van der Waals surface area contributed by atoms with E-state index in [4.69, 9.17) is 10.00 Å². The number of esters is 1. The van der Waals surface area contributed by atoms with Crippen molar-refractivity contribution in [2.45, 2.75) is 33.1 Å². The van der Waals surface area contributed by atoms with E-state index in [1.807, 2.05) is 12.1 Å². The Morgan fingerprint density at radius 2 is 2.30 bits per heavy atom. The minimum atomic E-state index is -0.637. The van der Waals surface area contributed by atoms with Crippen LogP contribution in [0.25, 0.3) is 0 Å². The lowest BCUT2D eigenvalue weighted by Gasteiger charge is -2.03. The molecule has 1 aromatic heterocycles. The van der Waals surface area contributed by atoms with Crippen LogP contribution in [-0.4, -0.2) is 17.6 Å². The van der Waals surface area contributed by atoms with Crippen molar-refractivity contribution in [2.75, 3.05) is 11.9 Å². The van der Waals surface area contributed by atoms with Crippen molar-refractivity contribution in [3.63, 3.8) is 0 Å². The average Bonchev–Trinajstić information content (AvgIpc) is 2.47. The third-order valence-corrected chi connectivity index (χ3v) is 2.62. The van der Waals surface area contributed by atoms with Gasteiger partial charge in [-0.2, -0.15) is 5.26 Å². The van der Waals surface area contributed by atoms with Gasteiger partial charge >= 0.3 is 5.97 Å². The second kappa shape index (κ2) is 8.70. The number of unbranched alkanes of at least 4 members (excludes halogenated alkanes) is 1. The van der Waals surface area contributed by atoms with Crippen LogP contribution in [0.15, 0.2) is 30.1 Å². The van der Waals surface area contributed by atoms with Crippen molar-refractivity contribution in [1.82, 2.24) is 4.98 Å². The number of rotatable bonds is 7. The molecule has 0 saturated heterocycles. The number of carbonyl (C=O) groups is 1. The quantitative estimate of drug-likeness (QED) is 0.469. The molecule has 0 aliphatic heterocycles. The lowest BCUT2D eigenvalue weighted by molar-refractivity contribution is -0.138. The number of pyridine rings is 1. The van der Waals surface area contributed by atoms with Gasteiger partial charge < -0.3 is 10.1 Å². The third kappa shape index (κ3) is 5.11. The topological polar surface area (TPSA) is 75.0 Å². The summed E-state index contributed by atoms with van der Waals surface area (Å²) in [5.74, 6) is -0.0515. The van der Waals surface area contributed by atoms with Crippen molar-refractivity contribution in [2.24, 2.45) is 0 Å². The van der Waals surface area contributed by atoms with Gasteiger partial charge in [0.1, 0.15) is 11.9 Å². The van der Waals surface area contributed by atoms with Gasteiger partial charge in [0.25, 0.3) is 0 Å². The zero-order valence-electron chi connectivity index (χ0n) is 11.8. The number of hydrogen-bond donors (Lipinski definition) is 1. The highest BCUT2D eigenvalue weighted by Crippen LogP contribution is 2.09. The molecule has 5 heteroatoms. The molecule has 1 N–H and O–H groups in total. The van der Waals surface area contributed by atoms with Gasteiger partial charge in [-0.1, -0.05) is 19.4 Å². The molecule has 0 radical (unpaired) electrons. The summed E-state index contributed by atoms with van der Waals surface area (Å²) in [6.07, 6.45) is 6.39. The summed E-state index contributed by atoms with van der Waals surface area (Å²) in [6.45, 7) is 4.08. The molecule has 0 aromatic carbocycles. The molecule has 0 aliphatic carbocycles. The normalized spacial score (nSPS) is 10.8. The lowest BCUT2D eigenvalue weighted by atomic mass is 10.1. The van der Waals surface area contributed by atoms with Crippen LogP contribution in [0.2, 0.25) is 0 Å². The van der Waals surface area contributed by atoms with E-state index >= 15 is 0 Å². The Morgan fingerprint density at radius 3 is 2.85 bits per heavy atom. The Morgan fingerprint density at radius 1 is 1.50 bits per heavy atom. The fourth-order valence-electron chi connectivity index (χ4n) is 1.53. The lowest BCUT2D eigenvalue weighted by Crippen LogP contribution is -2.08. The van der Waals surface area contributed by atoms with Gasteiger partial charge in [0.05, 0.1) is 6.61 Å². The summed E-state index contributed by atoms with van der Waals surface area (Å²) in [6, 6.07) is 5.59. The maximum Gasteiger partial charge on any atom is 0.350 e. The van der Waals surface area contributed by atoms with Crippen LogP contribution < -0.4 is 5.32 Å². The first kappa shape index (κ1) is 15.7. The van der Waals surface area contributed by atoms with Gasteiger partial charge in [0, 0.05) is 12.4 Å². The van der Waals surface area contributed by atoms with Crippen LogP contribution in [0.3, 0.4) is 0 Å². The second-order valence-electron chi connectivity index (χ2n) is 4.19. The van der Waals surface area contributed by atoms with E-state index in [-0.39, 0.29) is 12.2 Å². The fraction of sp³-hybridized carbons (Fsp3) is 0.400. The number of carbonyl (C=O) groups excluding carboxylic acids is 1. The van der Waals surface area contributed by atoms with Crippen LogP contribution >= 0.6 is 0 Å². The molecule has 0 bridgehead atoms.